The minimum absolute atomic E-state index is 0.425. The number of ether oxygens (including phenoxy) is 1. The SMILES string of the molecule is CCCOc1cccc(NCc2cncn2C(C)C)c1. The van der Waals surface area contributed by atoms with Crippen molar-refractivity contribution in [2.45, 2.75) is 39.8 Å². The monoisotopic (exact) mass is 273 g/mol. The molecule has 2 aromatic rings. The van der Waals surface area contributed by atoms with Gasteiger partial charge in [-0.2, -0.15) is 0 Å². The van der Waals surface area contributed by atoms with Gasteiger partial charge in [-0.05, 0) is 32.4 Å². The topological polar surface area (TPSA) is 39.1 Å². The number of hydrogen-bond acceptors (Lipinski definition) is 3. The van der Waals surface area contributed by atoms with Gasteiger partial charge < -0.3 is 14.6 Å². The van der Waals surface area contributed by atoms with Crippen LogP contribution >= 0.6 is 0 Å². The Balaban J connectivity index is 1.98. The van der Waals surface area contributed by atoms with Crippen LogP contribution in [0.25, 0.3) is 0 Å². The largest absolute Gasteiger partial charge is 0.494 e. The van der Waals surface area contributed by atoms with Crippen LogP contribution in [-0.2, 0) is 6.54 Å². The van der Waals surface area contributed by atoms with Crippen molar-refractivity contribution >= 4 is 5.69 Å². The average molecular weight is 273 g/mol. The zero-order valence-electron chi connectivity index (χ0n) is 12.5. The zero-order valence-corrected chi connectivity index (χ0v) is 12.5. The van der Waals surface area contributed by atoms with E-state index in [-0.39, 0.29) is 0 Å². The molecular formula is C16H23N3O. The van der Waals surface area contributed by atoms with E-state index in [9.17, 15) is 0 Å². The Morgan fingerprint density at radius 1 is 1.35 bits per heavy atom. The molecule has 0 aliphatic carbocycles. The standard InChI is InChI=1S/C16H23N3O/c1-4-8-20-16-7-5-6-14(9-16)18-11-15-10-17-12-19(15)13(2)3/h5-7,9-10,12-13,18H,4,8,11H2,1-3H3. The van der Waals surface area contributed by atoms with E-state index in [0.29, 0.717) is 6.04 Å². The summed E-state index contributed by atoms with van der Waals surface area (Å²) in [5.41, 5.74) is 2.25. The zero-order chi connectivity index (χ0) is 14.4. The molecule has 0 unspecified atom stereocenters. The van der Waals surface area contributed by atoms with Crippen molar-refractivity contribution in [1.82, 2.24) is 9.55 Å². The Morgan fingerprint density at radius 2 is 2.20 bits per heavy atom. The maximum absolute atomic E-state index is 5.64. The predicted octanol–water partition coefficient (Wildman–Crippen LogP) is 3.86. The Hall–Kier alpha value is -1.97. The highest BCUT2D eigenvalue weighted by atomic mass is 16.5. The van der Waals surface area contributed by atoms with Crippen molar-refractivity contribution in [2.75, 3.05) is 11.9 Å². The number of anilines is 1. The average Bonchev–Trinajstić information content (AvgIpc) is 2.92. The summed E-state index contributed by atoms with van der Waals surface area (Å²) in [7, 11) is 0. The van der Waals surface area contributed by atoms with Crippen molar-refractivity contribution in [3.63, 3.8) is 0 Å². The van der Waals surface area contributed by atoms with Gasteiger partial charge in [0.15, 0.2) is 0 Å². The molecule has 20 heavy (non-hydrogen) atoms. The van der Waals surface area contributed by atoms with Crippen LogP contribution in [0.5, 0.6) is 5.75 Å². The van der Waals surface area contributed by atoms with Gasteiger partial charge in [-0.15, -0.1) is 0 Å². The molecule has 4 heteroatoms. The molecule has 0 atom stereocenters. The summed E-state index contributed by atoms with van der Waals surface area (Å²) in [6, 6.07) is 8.50. The maximum atomic E-state index is 5.64. The molecule has 0 saturated heterocycles. The summed E-state index contributed by atoms with van der Waals surface area (Å²) < 4.78 is 7.81. The second kappa shape index (κ2) is 6.98. The normalized spacial score (nSPS) is 10.8. The highest BCUT2D eigenvalue weighted by Gasteiger charge is 2.05. The molecule has 0 fully saturated rings. The lowest BCUT2D eigenvalue weighted by Crippen LogP contribution is -2.08. The molecule has 0 spiro atoms. The third-order valence-corrected chi connectivity index (χ3v) is 3.08. The van der Waals surface area contributed by atoms with E-state index in [1.165, 1.54) is 5.69 Å². The summed E-state index contributed by atoms with van der Waals surface area (Å²) in [6.07, 6.45) is 4.80. The Bertz CT molecular complexity index is 534. The first-order valence-corrected chi connectivity index (χ1v) is 7.18. The van der Waals surface area contributed by atoms with E-state index < -0.39 is 0 Å². The third-order valence-electron chi connectivity index (χ3n) is 3.08. The van der Waals surface area contributed by atoms with Gasteiger partial charge >= 0.3 is 0 Å². The number of hydrogen-bond donors (Lipinski definition) is 1. The molecule has 0 aliphatic rings. The number of imidazole rings is 1. The van der Waals surface area contributed by atoms with Crippen LogP contribution < -0.4 is 10.1 Å². The van der Waals surface area contributed by atoms with E-state index in [4.69, 9.17) is 4.74 Å². The van der Waals surface area contributed by atoms with Gasteiger partial charge in [0.1, 0.15) is 5.75 Å². The first kappa shape index (κ1) is 14.4. The first-order valence-electron chi connectivity index (χ1n) is 7.18. The second-order valence-electron chi connectivity index (χ2n) is 5.12. The molecule has 0 amide bonds. The Kier molecular flexibility index (Phi) is 5.04. The molecule has 0 radical (unpaired) electrons. The highest BCUT2D eigenvalue weighted by Crippen LogP contribution is 2.18. The van der Waals surface area contributed by atoms with E-state index in [2.05, 4.69) is 41.7 Å². The highest BCUT2D eigenvalue weighted by molar-refractivity contribution is 5.48. The van der Waals surface area contributed by atoms with Gasteiger partial charge in [0.25, 0.3) is 0 Å². The third kappa shape index (κ3) is 3.76. The molecule has 1 aromatic carbocycles. The van der Waals surface area contributed by atoms with E-state index in [1.54, 1.807) is 0 Å². The quantitative estimate of drug-likeness (QED) is 0.832. The lowest BCUT2D eigenvalue weighted by Gasteiger charge is -2.13. The molecule has 108 valence electrons. The smallest absolute Gasteiger partial charge is 0.121 e. The van der Waals surface area contributed by atoms with E-state index in [1.807, 2.05) is 30.7 Å². The lowest BCUT2D eigenvalue weighted by atomic mass is 10.3. The number of rotatable bonds is 7. The molecule has 0 bridgehead atoms. The van der Waals surface area contributed by atoms with E-state index in [0.717, 1.165) is 31.0 Å². The summed E-state index contributed by atoms with van der Waals surface area (Å²) in [5.74, 6) is 0.911. The molecule has 1 heterocycles. The summed E-state index contributed by atoms with van der Waals surface area (Å²) in [6.45, 7) is 7.93. The van der Waals surface area contributed by atoms with Crippen LogP contribution in [0.15, 0.2) is 36.8 Å². The van der Waals surface area contributed by atoms with Gasteiger partial charge in [-0.25, -0.2) is 4.98 Å². The minimum Gasteiger partial charge on any atom is -0.494 e. The van der Waals surface area contributed by atoms with Gasteiger partial charge in [0.2, 0.25) is 0 Å². The fourth-order valence-electron chi connectivity index (χ4n) is 2.04. The number of nitrogens with zero attached hydrogens (tertiary/aromatic N) is 2. The van der Waals surface area contributed by atoms with Crippen LogP contribution in [0.3, 0.4) is 0 Å². The minimum atomic E-state index is 0.425. The van der Waals surface area contributed by atoms with Gasteiger partial charge in [0.05, 0.1) is 25.2 Å². The maximum Gasteiger partial charge on any atom is 0.121 e. The Morgan fingerprint density at radius 3 is 2.95 bits per heavy atom. The lowest BCUT2D eigenvalue weighted by molar-refractivity contribution is 0.317. The molecular weight excluding hydrogens is 250 g/mol. The van der Waals surface area contributed by atoms with Gasteiger partial charge in [-0.3, -0.25) is 0 Å². The molecule has 0 aliphatic heterocycles. The van der Waals surface area contributed by atoms with Crippen LogP contribution in [0.2, 0.25) is 0 Å². The summed E-state index contributed by atoms with van der Waals surface area (Å²) >= 11 is 0. The van der Waals surface area contributed by atoms with Crippen LogP contribution in [0.1, 0.15) is 38.9 Å². The summed E-state index contributed by atoms with van der Waals surface area (Å²) in [4.78, 5) is 4.21. The number of benzene rings is 1. The van der Waals surface area contributed by atoms with Gasteiger partial charge in [-0.1, -0.05) is 13.0 Å². The predicted molar refractivity (Wildman–Crippen MR) is 82.2 cm³/mol. The molecule has 4 nitrogen and oxygen atoms in total. The number of aromatic nitrogens is 2. The van der Waals surface area contributed by atoms with Crippen LogP contribution in [0, 0.1) is 0 Å². The Labute approximate surface area is 120 Å². The summed E-state index contributed by atoms with van der Waals surface area (Å²) in [5, 5.41) is 3.42. The number of nitrogens with one attached hydrogen (secondary N) is 1. The van der Waals surface area contributed by atoms with Crippen LogP contribution in [-0.4, -0.2) is 16.2 Å². The van der Waals surface area contributed by atoms with Crippen molar-refractivity contribution in [1.29, 1.82) is 0 Å². The molecule has 2 rings (SSSR count). The molecule has 0 saturated carbocycles. The van der Waals surface area contributed by atoms with E-state index >= 15 is 0 Å². The van der Waals surface area contributed by atoms with Crippen molar-refractivity contribution in [2.24, 2.45) is 0 Å². The molecule has 1 N–H and O–H groups in total. The van der Waals surface area contributed by atoms with Crippen molar-refractivity contribution in [3.8, 4) is 5.75 Å². The van der Waals surface area contributed by atoms with Crippen molar-refractivity contribution in [3.05, 3.63) is 42.5 Å². The fourth-order valence-corrected chi connectivity index (χ4v) is 2.04. The van der Waals surface area contributed by atoms with Crippen molar-refractivity contribution < 1.29 is 4.74 Å². The molecule has 1 aromatic heterocycles. The fraction of sp³-hybridized carbons (Fsp3) is 0.438. The van der Waals surface area contributed by atoms with Crippen LogP contribution in [0.4, 0.5) is 5.69 Å². The second-order valence-corrected chi connectivity index (χ2v) is 5.12. The first-order chi connectivity index (χ1) is 9.70. The van der Waals surface area contributed by atoms with Gasteiger partial charge in [0, 0.05) is 24.0 Å².